The van der Waals surface area contributed by atoms with Crippen molar-refractivity contribution in [1.82, 2.24) is 4.90 Å². The van der Waals surface area contributed by atoms with Crippen molar-refractivity contribution >= 4 is 0 Å². The lowest BCUT2D eigenvalue weighted by Crippen LogP contribution is -2.59. The molecule has 0 bridgehead atoms. The number of fused-ring (bicyclic) bond motifs is 7. The van der Waals surface area contributed by atoms with Crippen LogP contribution >= 0.6 is 0 Å². The van der Waals surface area contributed by atoms with Gasteiger partial charge in [-0.25, -0.2) is 0 Å². The first-order chi connectivity index (χ1) is 14.4. The summed E-state index contributed by atoms with van der Waals surface area (Å²) in [4.78, 5) is 2.86. The molecule has 168 valence electrons. The molecule has 4 aliphatic carbocycles. The molecule has 3 nitrogen and oxygen atoms in total. The van der Waals surface area contributed by atoms with E-state index in [4.69, 9.17) is 0 Å². The van der Waals surface area contributed by atoms with E-state index < -0.39 is 0 Å². The Bertz CT molecular complexity index is 732. The van der Waals surface area contributed by atoms with Crippen LogP contribution < -0.4 is 0 Å². The van der Waals surface area contributed by atoms with E-state index in [1.54, 1.807) is 5.57 Å². The second-order valence-electron chi connectivity index (χ2n) is 12.7. The van der Waals surface area contributed by atoms with E-state index in [0.717, 1.165) is 43.1 Å². The Morgan fingerprint density at radius 2 is 1.77 bits per heavy atom. The van der Waals surface area contributed by atoms with Crippen molar-refractivity contribution in [1.29, 1.82) is 0 Å². The number of piperidine rings is 2. The van der Waals surface area contributed by atoms with Crippen LogP contribution in [0.1, 0.15) is 78.6 Å². The van der Waals surface area contributed by atoms with Crippen molar-refractivity contribution < 1.29 is 10.2 Å². The van der Waals surface area contributed by atoms with E-state index in [2.05, 4.69) is 25.7 Å². The van der Waals surface area contributed by atoms with Crippen LogP contribution in [0.5, 0.6) is 0 Å². The van der Waals surface area contributed by atoms with E-state index in [1.807, 2.05) is 0 Å². The van der Waals surface area contributed by atoms with Crippen LogP contribution in [-0.2, 0) is 0 Å². The first-order valence-electron chi connectivity index (χ1n) is 13.2. The van der Waals surface area contributed by atoms with Gasteiger partial charge in [0.1, 0.15) is 0 Å². The summed E-state index contributed by atoms with van der Waals surface area (Å²) in [6, 6.07) is 0.759. The fraction of sp³-hybridized carbons (Fsp3) is 0.926. The van der Waals surface area contributed by atoms with Crippen LogP contribution in [-0.4, -0.2) is 46.5 Å². The lowest BCUT2D eigenvalue weighted by Gasteiger charge is -2.56. The van der Waals surface area contributed by atoms with Crippen LogP contribution in [0.4, 0.5) is 0 Å². The molecular formula is C27H43NO2. The second-order valence-corrected chi connectivity index (χ2v) is 12.7. The van der Waals surface area contributed by atoms with Crippen LogP contribution in [0, 0.1) is 46.8 Å². The molecule has 2 heterocycles. The Morgan fingerprint density at radius 3 is 2.60 bits per heavy atom. The van der Waals surface area contributed by atoms with Crippen molar-refractivity contribution in [3.63, 3.8) is 0 Å². The van der Waals surface area contributed by atoms with Gasteiger partial charge in [0.25, 0.3) is 0 Å². The molecule has 5 fully saturated rings. The van der Waals surface area contributed by atoms with Crippen molar-refractivity contribution in [3.8, 4) is 0 Å². The molecule has 0 unspecified atom stereocenters. The SMILES string of the molecule is C[C@@H]1CC[C@H]2[C@H](C)[C@H]3C[C@@H](O)C4=C5CC[C@H]6C[C@H](O)CC[C@]6(C)[C@H]5C[C@H]4[C@@H]3CN2C1. The Kier molecular flexibility index (Phi) is 4.76. The number of aliphatic hydroxyl groups excluding tert-OH is 2. The van der Waals surface area contributed by atoms with Gasteiger partial charge in [-0.05, 0) is 110 Å². The van der Waals surface area contributed by atoms with E-state index >= 15 is 0 Å². The predicted octanol–water partition coefficient (Wildman–Crippen LogP) is 4.63. The van der Waals surface area contributed by atoms with Gasteiger partial charge < -0.3 is 10.2 Å². The zero-order valence-corrected chi connectivity index (χ0v) is 19.4. The van der Waals surface area contributed by atoms with Gasteiger partial charge in [0.05, 0.1) is 12.2 Å². The molecule has 6 aliphatic rings. The molecule has 0 spiro atoms. The molecule has 2 N–H and O–H groups in total. The average Bonchev–Trinajstić information content (AvgIpc) is 3.12. The summed E-state index contributed by atoms with van der Waals surface area (Å²) in [6.45, 7) is 10.1. The standard InChI is InChI=1S/C27H43NO2/c1-15-4-7-24-16(2)20-12-25(30)26-19-6-5-17-10-18(29)8-9-27(17,3)23(19)11-21(26)22(20)14-28(24)13-15/h15-18,20-25,29-30H,4-14H2,1-3H3/t15-,16-,17+,18-,20-,21+,22-,23+,24+,25-,27+/m1/s1. The van der Waals surface area contributed by atoms with Crippen LogP contribution in [0.2, 0.25) is 0 Å². The Morgan fingerprint density at radius 1 is 0.933 bits per heavy atom. The predicted molar refractivity (Wildman–Crippen MR) is 120 cm³/mol. The average molecular weight is 414 g/mol. The van der Waals surface area contributed by atoms with Crippen molar-refractivity contribution in [2.75, 3.05) is 13.1 Å². The van der Waals surface area contributed by atoms with Gasteiger partial charge in [-0.3, -0.25) is 4.90 Å². The fourth-order valence-electron chi connectivity index (χ4n) is 9.80. The highest BCUT2D eigenvalue weighted by Crippen LogP contribution is 2.64. The highest BCUT2D eigenvalue weighted by Gasteiger charge is 2.58. The normalized spacial score (nSPS) is 55.9. The highest BCUT2D eigenvalue weighted by molar-refractivity contribution is 5.36. The van der Waals surface area contributed by atoms with Crippen molar-refractivity contribution in [2.45, 2.75) is 96.8 Å². The van der Waals surface area contributed by atoms with Crippen molar-refractivity contribution in [3.05, 3.63) is 11.1 Å². The number of rotatable bonds is 0. The molecule has 0 amide bonds. The smallest absolute Gasteiger partial charge is 0.0758 e. The maximum atomic E-state index is 11.4. The Balaban J connectivity index is 1.32. The highest BCUT2D eigenvalue weighted by atomic mass is 16.3. The van der Waals surface area contributed by atoms with E-state index in [1.165, 1.54) is 57.2 Å². The van der Waals surface area contributed by atoms with Gasteiger partial charge in [0.15, 0.2) is 0 Å². The third kappa shape index (κ3) is 2.80. The molecule has 0 aromatic heterocycles. The molecule has 2 aliphatic heterocycles. The van der Waals surface area contributed by atoms with Gasteiger partial charge in [-0.2, -0.15) is 0 Å². The quantitative estimate of drug-likeness (QED) is 0.569. The molecule has 30 heavy (non-hydrogen) atoms. The van der Waals surface area contributed by atoms with Crippen LogP contribution in [0.25, 0.3) is 0 Å². The summed E-state index contributed by atoms with van der Waals surface area (Å²) in [6.07, 6.45) is 10.4. The summed E-state index contributed by atoms with van der Waals surface area (Å²) >= 11 is 0. The third-order valence-electron chi connectivity index (χ3n) is 11.4. The molecule has 6 rings (SSSR count). The number of hydrogen-bond acceptors (Lipinski definition) is 3. The maximum Gasteiger partial charge on any atom is 0.0758 e. The van der Waals surface area contributed by atoms with Crippen molar-refractivity contribution in [2.24, 2.45) is 46.8 Å². The summed E-state index contributed by atoms with van der Waals surface area (Å²) in [5, 5.41) is 21.7. The third-order valence-corrected chi connectivity index (χ3v) is 11.4. The molecule has 3 heteroatoms. The molecule has 2 saturated heterocycles. The largest absolute Gasteiger partial charge is 0.393 e. The first-order valence-corrected chi connectivity index (χ1v) is 13.2. The van der Waals surface area contributed by atoms with Gasteiger partial charge in [0, 0.05) is 19.1 Å². The summed E-state index contributed by atoms with van der Waals surface area (Å²) in [5.74, 6) is 5.02. The Labute approximate surface area is 183 Å². The minimum Gasteiger partial charge on any atom is -0.393 e. The topological polar surface area (TPSA) is 43.7 Å². The zero-order chi connectivity index (χ0) is 20.8. The number of hydrogen-bond donors (Lipinski definition) is 2. The number of allylic oxidation sites excluding steroid dienone is 1. The second kappa shape index (κ2) is 7.06. The van der Waals surface area contributed by atoms with Crippen LogP contribution in [0.3, 0.4) is 0 Å². The first kappa shape index (κ1) is 20.2. The summed E-state index contributed by atoms with van der Waals surface area (Å²) in [7, 11) is 0. The number of nitrogens with zero attached hydrogens (tertiary/aromatic N) is 1. The van der Waals surface area contributed by atoms with E-state index in [0.29, 0.717) is 29.1 Å². The summed E-state index contributed by atoms with van der Waals surface area (Å²) in [5.41, 5.74) is 3.56. The van der Waals surface area contributed by atoms with Gasteiger partial charge in [-0.1, -0.05) is 26.3 Å². The molecular weight excluding hydrogens is 370 g/mol. The minimum absolute atomic E-state index is 0.0758. The van der Waals surface area contributed by atoms with Gasteiger partial charge in [-0.15, -0.1) is 0 Å². The maximum absolute atomic E-state index is 11.4. The molecule has 3 saturated carbocycles. The minimum atomic E-state index is -0.179. The van der Waals surface area contributed by atoms with Gasteiger partial charge in [0.2, 0.25) is 0 Å². The number of aliphatic hydroxyl groups is 2. The molecule has 0 radical (unpaired) electrons. The lowest BCUT2D eigenvalue weighted by atomic mass is 9.54. The zero-order valence-electron chi connectivity index (χ0n) is 19.4. The monoisotopic (exact) mass is 413 g/mol. The van der Waals surface area contributed by atoms with E-state index in [-0.39, 0.29) is 12.2 Å². The van der Waals surface area contributed by atoms with E-state index in [9.17, 15) is 10.2 Å². The van der Waals surface area contributed by atoms with Crippen LogP contribution in [0.15, 0.2) is 11.1 Å². The molecule has 0 aromatic carbocycles. The Hall–Kier alpha value is -0.380. The summed E-state index contributed by atoms with van der Waals surface area (Å²) < 4.78 is 0. The lowest BCUT2D eigenvalue weighted by molar-refractivity contribution is -0.0706. The fourth-order valence-corrected chi connectivity index (χ4v) is 9.80. The molecule has 11 atom stereocenters. The van der Waals surface area contributed by atoms with Gasteiger partial charge >= 0.3 is 0 Å². The molecule has 0 aromatic rings.